The molecule has 0 spiro atoms. The highest BCUT2D eigenvalue weighted by Gasteiger charge is 2.01. The molecule has 2 heteroatoms. The van der Waals surface area contributed by atoms with Crippen molar-refractivity contribution >= 4 is 21.6 Å². The van der Waals surface area contributed by atoms with Crippen LogP contribution in [0.25, 0.3) is 0 Å². The second-order valence-corrected chi connectivity index (χ2v) is 4.96. The molecule has 0 N–H and O–H groups in total. The molecule has 0 saturated carbocycles. The largest absolute Gasteiger partial charge is 0.375 e. The lowest BCUT2D eigenvalue weighted by Crippen LogP contribution is -2.19. The van der Waals surface area contributed by atoms with Gasteiger partial charge in [-0.2, -0.15) is 0 Å². The van der Waals surface area contributed by atoms with Crippen LogP contribution >= 0.6 is 15.9 Å². The molecule has 0 aliphatic heterocycles. The molecule has 0 aliphatic rings. The third-order valence-corrected chi connectivity index (χ3v) is 3.22. The van der Waals surface area contributed by atoms with Crippen LogP contribution < -0.4 is 4.90 Å². The van der Waals surface area contributed by atoms with E-state index >= 15 is 0 Å². The molecule has 0 aliphatic carbocycles. The van der Waals surface area contributed by atoms with Gasteiger partial charge in [-0.15, -0.1) is 0 Å². The summed E-state index contributed by atoms with van der Waals surface area (Å²) in [6.07, 6.45) is 1.25. The van der Waals surface area contributed by atoms with Crippen molar-refractivity contribution in [3.05, 3.63) is 29.8 Å². The zero-order valence-electron chi connectivity index (χ0n) is 9.83. The summed E-state index contributed by atoms with van der Waals surface area (Å²) in [5, 5.41) is 0.934. The number of hydrogen-bond acceptors (Lipinski definition) is 1. The molecule has 0 fully saturated rings. The van der Waals surface area contributed by atoms with E-state index in [-0.39, 0.29) is 0 Å². The van der Waals surface area contributed by atoms with Crippen molar-refractivity contribution in [1.82, 2.24) is 0 Å². The molecule has 84 valence electrons. The van der Waals surface area contributed by atoms with E-state index in [4.69, 9.17) is 0 Å². The van der Waals surface area contributed by atoms with Crippen molar-refractivity contribution in [2.45, 2.75) is 25.6 Å². The topological polar surface area (TPSA) is 3.24 Å². The van der Waals surface area contributed by atoms with Crippen LogP contribution in [0.2, 0.25) is 0 Å². The van der Waals surface area contributed by atoms with Crippen molar-refractivity contribution in [2.75, 3.05) is 18.5 Å². The molecule has 0 aromatic heterocycles. The Morgan fingerprint density at radius 2 is 1.80 bits per heavy atom. The number of rotatable bonds is 5. The van der Waals surface area contributed by atoms with Crippen molar-refractivity contribution in [2.24, 2.45) is 5.92 Å². The average Bonchev–Trinajstić information content (AvgIpc) is 2.26. The van der Waals surface area contributed by atoms with E-state index in [0.29, 0.717) is 0 Å². The summed E-state index contributed by atoms with van der Waals surface area (Å²) in [7, 11) is 2.16. The van der Waals surface area contributed by atoms with E-state index in [9.17, 15) is 0 Å². The quantitative estimate of drug-likeness (QED) is 0.729. The molecule has 1 rings (SSSR count). The van der Waals surface area contributed by atoms with Gasteiger partial charge >= 0.3 is 0 Å². The Kier molecular flexibility index (Phi) is 5.16. The maximum absolute atomic E-state index is 3.46. The van der Waals surface area contributed by atoms with E-state index in [1.54, 1.807) is 0 Å². The van der Waals surface area contributed by atoms with Gasteiger partial charge in [-0.05, 0) is 30.0 Å². The molecular weight excluding hydrogens is 250 g/mol. The van der Waals surface area contributed by atoms with Gasteiger partial charge in [0.25, 0.3) is 0 Å². The maximum atomic E-state index is 3.46. The SMILES string of the molecule is CC(C)CCN(C)c1ccc(CBr)cc1. The van der Waals surface area contributed by atoms with Crippen molar-refractivity contribution in [1.29, 1.82) is 0 Å². The molecule has 0 amide bonds. The second kappa shape index (κ2) is 6.16. The summed E-state index contributed by atoms with van der Waals surface area (Å²) >= 11 is 3.46. The lowest BCUT2D eigenvalue weighted by Gasteiger charge is -2.20. The summed E-state index contributed by atoms with van der Waals surface area (Å²) in [5.41, 5.74) is 2.64. The first-order chi connectivity index (χ1) is 7.13. The average molecular weight is 270 g/mol. The zero-order valence-corrected chi connectivity index (χ0v) is 11.4. The van der Waals surface area contributed by atoms with Crippen LogP contribution in [0.3, 0.4) is 0 Å². The Hall–Kier alpha value is -0.500. The van der Waals surface area contributed by atoms with Gasteiger partial charge in [0.2, 0.25) is 0 Å². The van der Waals surface area contributed by atoms with Gasteiger partial charge in [-0.3, -0.25) is 0 Å². The fourth-order valence-corrected chi connectivity index (χ4v) is 1.79. The minimum atomic E-state index is 0.772. The first-order valence-electron chi connectivity index (χ1n) is 5.49. The lowest BCUT2D eigenvalue weighted by atomic mass is 10.1. The fourth-order valence-electron chi connectivity index (χ4n) is 1.42. The summed E-state index contributed by atoms with van der Waals surface area (Å²) in [4.78, 5) is 2.32. The number of halogens is 1. The first kappa shape index (κ1) is 12.6. The van der Waals surface area contributed by atoms with Crippen LogP contribution in [-0.2, 0) is 5.33 Å². The van der Waals surface area contributed by atoms with Crippen molar-refractivity contribution in [3.8, 4) is 0 Å². The maximum Gasteiger partial charge on any atom is 0.0363 e. The highest BCUT2D eigenvalue weighted by molar-refractivity contribution is 9.08. The van der Waals surface area contributed by atoms with Crippen molar-refractivity contribution < 1.29 is 0 Å². The van der Waals surface area contributed by atoms with E-state index in [1.807, 2.05) is 0 Å². The highest BCUT2D eigenvalue weighted by atomic mass is 79.9. The summed E-state index contributed by atoms with van der Waals surface area (Å²) in [6, 6.07) is 8.74. The van der Waals surface area contributed by atoms with Gasteiger partial charge < -0.3 is 4.90 Å². The molecule has 1 nitrogen and oxygen atoms in total. The van der Waals surface area contributed by atoms with E-state index in [0.717, 1.165) is 17.8 Å². The normalized spacial score (nSPS) is 10.7. The van der Waals surface area contributed by atoms with Crippen LogP contribution in [-0.4, -0.2) is 13.6 Å². The van der Waals surface area contributed by atoms with Gasteiger partial charge in [-0.25, -0.2) is 0 Å². The van der Waals surface area contributed by atoms with Gasteiger partial charge in [0.05, 0.1) is 0 Å². The van der Waals surface area contributed by atoms with Crippen LogP contribution in [0, 0.1) is 5.92 Å². The Morgan fingerprint density at radius 1 is 1.20 bits per heavy atom. The standard InChI is InChI=1S/C13H20BrN/c1-11(2)8-9-15(3)13-6-4-12(10-14)5-7-13/h4-7,11H,8-10H2,1-3H3. The van der Waals surface area contributed by atoms with E-state index in [1.165, 1.54) is 17.7 Å². The molecular formula is C13H20BrN. The zero-order chi connectivity index (χ0) is 11.3. The third-order valence-electron chi connectivity index (χ3n) is 2.57. The minimum absolute atomic E-state index is 0.772. The molecule has 0 atom stereocenters. The van der Waals surface area contributed by atoms with Crippen molar-refractivity contribution in [3.63, 3.8) is 0 Å². The van der Waals surface area contributed by atoms with Gasteiger partial charge in [-0.1, -0.05) is 41.9 Å². The van der Waals surface area contributed by atoms with Gasteiger partial charge in [0, 0.05) is 24.6 Å². The lowest BCUT2D eigenvalue weighted by molar-refractivity contribution is 0.585. The molecule has 0 unspecified atom stereocenters. The highest BCUT2D eigenvalue weighted by Crippen LogP contribution is 2.16. The summed E-state index contributed by atoms with van der Waals surface area (Å²) in [5.74, 6) is 0.772. The predicted molar refractivity (Wildman–Crippen MR) is 71.8 cm³/mol. The Labute approximate surface area is 102 Å². The molecule has 0 bridgehead atoms. The Morgan fingerprint density at radius 3 is 2.27 bits per heavy atom. The van der Waals surface area contributed by atoms with E-state index in [2.05, 4.69) is 66.0 Å². The second-order valence-electron chi connectivity index (χ2n) is 4.40. The van der Waals surface area contributed by atoms with Gasteiger partial charge in [0.15, 0.2) is 0 Å². The van der Waals surface area contributed by atoms with Gasteiger partial charge in [0.1, 0.15) is 0 Å². The third kappa shape index (κ3) is 4.25. The van der Waals surface area contributed by atoms with E-state index < -0.39 is 0 Å². The fraction of sp³-hybridized carbons (Fsp3) is 0.538. The summed E-state index contributed by atoms with van der Waals surface area (Å²) in [6.45, 7) is 5.66. The number of nitrogens with zero attached hydrogens (tertiary/aromatic N) is 1. The monoisotopic (exact) mass is 269 g/mol. The molecule has 1 aromatic rings. The van der Waals surface area contributed by atoms with Crippen LogP contribution in [0.4, 0.5) is 5.69 Å². The molecule has 0 saturated heterocycles. The van der Waals surface area contributed by atoms with Crippen LogP contribution in [0.1, 0.15) is 25.8 Å². The first-order valence-corrected chi connectivity index (χ1v) is 6.61. The molecule has 0 heterocycles. The van der Waals surface area contributed by atoms with Crippen LogP contribution in [0.15, 0.2) is 24.3 Å². The molecule has 15 heavy (non-hydrogen) atoms. The Bertz CT molecular complexity index is 279. The number of alkyl halides is 1. The Balaban J connectivity index is 2.54. The minimum Gasteiger partial charge on any atom is -0.375 e. The molecule has 0 radical (unpaired) electrons. The number of hydrogen-bond donors (Lipinski definition) is 0. The smallest absolute Gasteiger partial charge is 0.0363 e. The number of benzene rings is 1. The number of anilines is 1. The van der Waals surface area contributed by atoms with Crippen LogP contribution in [0.5, 0.6) is 0 Å². The predicted octanol–water partition coefficient (Wildman–Crippen LogP) is 4.06. The molecule has 1 aromatic carbocycles. The summed E-state index contributed by atoms with van der Waals surface area (Å²) < 4.78 is 0.